The van der Waals surface area contributed by atoms with Crippen LogP contribution in [0.5, 0.6) is 5.75 Å². The number of phenolic OH excluding ortho intramolecular Hbond substituents is 1. The Morgan fingerprint density at radius 1 is 1.47 bits per heavy atom. The Bertz CT molecular complexity index is 366. The van der Waals surface area contributed by atoms with Crippen LogP contribution in [0, 0.1) is 13.8 Å². The van der Waals surface area contributed by atoms with Crippen molar-refractivity contribution < 1.29 is 10.2 Å². The molecular weight excluding hydrogens is 214 g/mol. The third-order valence-corrected chi connectivity index (χ3v) is 3.02. The van der Waals surface area contributed by atoms with Gasteiger partial charge in [-0.3, -0.25) is 0 Å². The smallest absolute Gasteiger partial charge is 0.122 e. The van der Waals surface area contributed by atoms with Gasteiger partial charge in [0.25, 0.3) is 0 Å². The third-order valence-electron chi connectivity index (χ3n) is 2.44. The number of aromatic hydroxyl groups is 1. The summed E-state index contributed by atoms with van der Waals surface area (Å²) in [4.78, 5) is 0. The zero-order valence-corrected chi connectivity index (χ0v) is 9.89. The molecule has 0 saturated carbocycles. The average molecular weight is 230 g/mol. The van der Waals surface area contributed by atoms with Crippen molar-refractivity contribution in [2.75, 3.05) is 13.6 Å². The molecule has 0 spiro atoms. The van der Waals surface area contributed by atoms with Crippen molar-refractivity contribution in [3.8, 4) is 5.75 Å². The second-order valence-electron chi connectivity index (χ2n) is 3.64. The van der Waals surface area contributed by atoms with Crippen molar-refractivity contribution in [3.05, 3.63) is 27.8 Å². The van der Waals surface area contributed by atoms with E-state index in [1.54, 1.807) is 20.0 Å². The van der Waals surface area contributed by atoms with Crippen molar-refractivity contribution in [2.24, 2.45) is 0 Å². The van der Waals surface area contributed by atoms with E-state index in [1.165, 1.54) is 0 Å². The number of aliphatic hydroxyl groups is 1. The van der Waals surface area contributed by atoms with Crippen molar-refractivity contribution in [2.45, 2.75) is 20.0 Å². The molecule has 0 amide bonds. The molecule has 0 heterocycles. The fourth-order valence-electron chi connectivity index (χ4n) is 1.67. The van der Waals surface area contributed by atoms with Crippen molar-refractivity contribution in [3.63, 3.8) is 0 Å². The molecule has 1 rings (SSSR count). The van der Waals surface area contributed by atoms with Crippen LogP contribution in [0.2, 0.25) is 5.02 Å². The number of aryl methyl sites for hydroxylation is 1. The second-order valence-corrected chi connectivity index (χ2v) is 4.02. The predicted molar refractivity (Wildman–Crippen MR) is 61.5 cm³/mol. The Labute approximate surface area is 94.7 Å². The summed E-state index contributed by atoms with van der Waals surface area (Å²) < 4.78 is 0. The number of hydrogen-bond acceptors (Lipinski definition) is 3. The molecular formula is C11H16ClNO2. The van der Waals surface area contributed by atoms with Gasteiger partial charge in [0.05, 0.1) is 6.10 Å². The van der Waals surface area contributed by atoms with E-state index in [0.29, 0.717) is 17.1 Å². The highest BCUT2D eigenvalue weighted by molar-refractivity contribution is 6.32. The zero-order valence-electron chi connectivity index (χ0n) is 9.13. The van der Waals surface area contributed by atoms with Gasteiger partial charge in [-0.05, 0) is 38.1 Å². The van der Waals surface area contributed by atoms with Crippen molar-refractivity contribution in [1.29, 1.82) is 0 Å². The summed E-state index contributed by atoms with van der Waals surface area (Å²) in [5.74, 6) is 0.0946. The molecule has 0 aromatic heterocycles. The van der Waals surface area contributed by atoms with Gasteiger partial charge >= 0.3 is 0 Å². The summed E-state index contributed by atoms with van der Waals surface area (Å²) in [6, 6.07) is 1.57. The Morgan fingerprint density at radius 2 is 2.07 bits per heavy atom. The standard InChI is InChI=1S/C11H16ClNO2/c1-6-4-8(14)10(7(2)11(6)12)9(15)5-13-3/h4,9,13-15H,5H2,1-3H3. The van der Waals surface area contributed by atoms with Gasteiger partial charge in [-0.25, -0.2) is 0 Å². The number of aliphatic hydroxyl groups excluding tert-OH is 1. The monoisotopic (exact) mass is 229 g/mol. The quantitative estimate of drug-likeness (QED) is 0.742. The van der Waals surface area contributed by atoms with Crippen LogP contribution in [0.1, 0.15) is 22.8 Å². The van der Waals surface area contributed by atoms with E-state index in [0.717, 1.165) is 11.1 Å². The Hall–Kier alpha value is -0.770. The molecule has 1 unspecified atom stereocenters. The number of rotatable bonds is 3. The highest BCUT2D eigenvalue weighted by Gasteiger charge is 2.17. The van der Waals surface area contributed by atoms with Crippen molar-refractivity contribution >= 4 is 11.6 Å². The van der Waals surface area contributed by atoms with Crippen molar-refractivity contribution in [1.82, 2.24) is 5.32 Å². The highest BCUT2D eigenvalue weighted by atomic mass is 35.5. The second kappa shape index (κ2) is 4.84. The molecule has 3 nitrogen and oxygen atoms in total. The maximum Gasteiger partial charge on any atom is 0.122 e. The summed E-state index contributed by atoms with van der Waals surface area (Å²) in [7, 11) is 1.74. The number of likely N-dealkylation sites (N-methyl/N-ethyl adjacent to an activating group) is 1. The van der Waals surface area contributed by atoms with Gasteiger partial charge in [-0.2, -0.15) is 0 Å². The molecule has 1 aromatic carbocycles. The largest absolute Gasteiger partial charge is 0.508 e. The Kier molecular flexibility index (Phi) is 3.97. The van der Waals surface area contributed by atoms with Gasteiger partial charge < -0.3 is 15.5 Å². The molecule has 0 aliphatic rings. The molecule has 84 valence electrons. The van der Waals surface area contributed by atoms with Crippen LogP contribution in [-0.2, 0) is 0 Å². The molecule has 0 radical (unpaired) electrons. The minimum absolute atomic E-state index is 0.0946. The van der Waals surface area contributed by atoms with Gasteiger partial charge in [0.15, 0.2) is 0 Å². The summed E-state index contributed by atoms with van der Waals surface area (Å²) in [5, 5.41) is 23.0. The van der Waals surface area contributed by atoms with E-state index < -0.39 is 6.10 Å². The maximum absolute atomic E-state index is 9.82. The van der Waals surface area contributed by atoms with Crippen LogP contribution in [0.3, 0.4) is 0 Å². The van der Waals surface area contributed by atoms with E-state index in [-0.39, 0.29) is 5.75 Å². The van der Waals surface area contributed by atoms with Crippen LogP contribution in [0.25, 0.3) is 0 Å². The highest BCUT2D eigenvalue weighted by Crippen LogP contribution is 2.34. The maximum atomic E-state index is 9.82. The SMILES string of the molecule is CNCC(O)c1c(O)cc(C)c(Cl)c1C. The van der Waals surface area contributed by atoms with Crippen LogP contribution in [0.4, 0.5) is 0 Å². The fourth-order valence-corrected chi connectivity index (χ4v) is 1.82. The zero-order chi connectivity index (χ0) is 11.6. The molecule has 0 aliphatic heterocycles. The van der Waals surface area contributed by atoms with Gasteiger partial charge in [0, 0.05) is 17.1 Å². The lowest BCUT2D eigenvalue weighted by molar-refractivity contribution is 0.173. The lowest BCUT2D eigenvalue weighted by Crippen LogP contribution is -2.17. The predicted octanol–water partition coefficient (Wildman–Crippen LogP) is 1.92. The number of phenols is 1. The number of nitrogens with one attached hydrogen (secondary N) is 1. The van der Waals surface area contributed by atoms with E-state index in [2.05, 4.69) is 5.32 Å². The minimum Gasteiger partial charge on any atom is -0.508 e. The Morgan fingerprint density at radius 3 is 2.60 bits per heavy atom. The first kappa shape index (κ1) is 12.3. The number of benzene rings is 1. The molecule has 1 atom stereocenters. The van der Waals surface area contributed by atoms with Crippen LogP contribution >= 0.6 is 11.6 Å². The molecule has 0 fully saturated rings. The van der Waals surface area contributed by atoms with Gasteiger partial charge in [-0.15, -0.1) is 0 Å². The van der Waals surface area contributed by atoms with E-state index >= 15 is 0 Å². The summed E-state index contributed by atoms with van der Waals surface area (Å²) in [5.41, 5.74) is 2.05. The number of halogens is 1. The molecule has 0 aliphatic carbocycles. The lowest BCUT2D eigenvalue weighted by atomic mass is 9.99. The molecule has 1 aromatic rings. The van der Waals surface area contributed by atoms with Gasteiger partial charge in [-0.1, -0.05) is 11.6 Å². The lowest BCUT2D eigenvalue weighted by Gasteiger charge is -2.17. The average Bonchev–Trinajstić information content (AvgIpc) is 2.15. The van der Waals surface area contributed by atoms with E-state index in [4.69, 9.17) is 11.6 Å². The van der Waals surface area contributed by atoms with Crippen LogP contribution < -0.4 is 5.32 Å². The molecule has 0 bridgehead atoms. The summed E-state index contributed by atoms with van der Waals surface area (Å²) in [6.07, 6.45) is -0.743. The summed E-state index contributed by atoms with van der Waals surface area (Å²) >= 11 is 6.06. The molecule has 0 saturated heterocycles. The van der Waals surface area contributed by atoms with Crippen LogP contribution in [-0.4, -0.2) is 23.8 Å². The normalized spacial score (nSPS) is 12.9. The van der Waals surface area contributed by atoms with E-state index in [1.807, 2.05) is 6.92 Å². The summed E-state index contributed by atoms with van der Waals surface area (Å²) in [6.45, 7) is 4.00. The Balaban J connectivity index is 3.23. The van der Waals surface area contributed by atoms with Gasteiger partial charge in [0.2, 0.25) is 0 Å². The topological polar surface area (TPSA) is 52.5 Å². The third kappa shape index (κ3) is 2.43. The van der Waals surface area contributed by atoms with Gasteiger partial charge in [0.1, 0.15) is 5.75 Å². The molecule has 3 N–H and O–H groups in total. The minimum atomic E-state index is -0.743. The first-order chi connectivity index (χ1) is 6.99. The first-order valence-corrected chi connectivity index (χ1v) is 5.18. The fraction of sp³-hybridized carbons (Fsp3) is 0.455. The number of hydrogen-bond donors (Lipinski definition) is 3. The van der Waals surface area contributed by atoms with Crippen LogP contribution in [0.15, 0.2) is 6.07 Å². The first-order valence-electron chi connectivity index (χ1n) is 4.80. The molecule has 4 heteroatoms. The van der Waals surface area contributed by atoms with E-state index in [9.17, 15) is 10.2 Å². The molecule has 15 heavy (non-hydrogen) atoms.